The highest BCUT2D eigenvalue weighted by atomic mass is 32.2. The highest BCUT2D eigenvalue weighted by Crippen LogP contribution is 2.31. The molecule has 0 bridgehead atoms. The van der Waals surface area contributed by atoms with E-state index in [2.05, 4.69) is 14.9 Å². The van der Waals surface area contributed by atoms with Crippen molar-refractivity contribution in [3.05, 3.63) is 69.0 Å². The number of aryl methyl sites for hydroxylation is 1. The molecule has 8 nitrogen and oxygen atoms in total. The first kappa shape index (κ1) is 24.0. The van der Waals surface area contributed by atoms with Crippen molar-refractivity contribution < 1.29 is 17.9 Å². The molecule has 0 fully saturated rings. The Hall–Kier alpha value is -3.17. The molecule has 0 spiro atoms. The predicted octanol–water partition coefficient (Wildman–Crippen LogP) is 3.51. The van der Waals surface area contributed by atoms with Crippen LogP contribution in [0.1, 0.15) is 42.0 Å². The van der Waals surface area contributed by atoms with Crippen molar-refractivity contribution in [1.29, 1.82) is 0 Å². The van der Waals surface area contributed by atoms with Gasteiger partial charge in [0.1, 0.15) is 0 Å². The summed E-state index contributed by atoms with van der Waals surface area (Å²) in [6, 6.07) is 10.6. The minimum atomic E-state index is -3.81. The molecule has 0 radical (unpaired) electrons. The number of methoxy groups -OCH3 is 1. The average molecular weight is 484 g/mol. The van der Waals surface area contributed by atoms with Crippen molar-refractivity contribution in [3.63, 3.8) is 0 Å². The van der Waals surface area contributed by atoms with Crippen LogP contribution in [0.2, 0.25) is 0 Å². The second-order valence-electron chi connectivity index (χ2n) is 8.29. The number of hydrogen-bond acceptors (Lipinski definition) is 6. The Kier molecular flexibility index (Phi) is 7.04. The summed E-state index contributed by atoms with van der Waals surface area (Å²) in [4.78, 5) is 12.4. The molecule has 0 unspecified atom stereocenters. The van der Waals surface area contributed by atoms with Crippen LogP contribution in [-0.2, 0) is 29.4 Å². The average Bonchev–Trinajstić information content (AvgIpc) is 2.84. The van der Waals surface area contributed by atoms with E-state index >= 15 is 0 Å². The van der Waals surface area contributed by atoms with E-state index in [1.807, 2.05) is 13.0 Å². The highest BCUT2D eigenvalue weighted by molar-refractivity contribution is 7.89. The summed E-state index contributed by atoms with van der Waals surface area (Å²) in [6.07, 6.45) is 3.42. The molecule has 3 aromatic rings. The van der Waals surface area contributed by atoms with Gasteiger partial charge in [0, 0.05) is 17.7 Å². The van der Waals surface area contributed by atoms with Crippen molar-refractivity contribution in [2.24, 2.45) is 0 Å². The molecular weight excluding hydrogens is 454 g/mol. The Balaban J connectivity index is 1.63. The predicted molar refractivity (Wildman–Crippen MR) is 130 cm³/mol. The molecule has 180 valence electrons. The summed E-state index contributed by atoms with van der Waals surface area (Å²) < 4.78 is 40.1. The van der Waals surface area contributed by atoms with Crippen molar-refractivity contribution in [3.8, 4) is 22.8 Å². The minimum absolute atomic E-state index is 0.0996. The van der Waals surface area contributed by atoms with Gasteiger partial charge in [-0.3, -0.25) is 4.79 Å². The van der Waals surface area contributed by atoms with E-state index in [9.17, 15) is 13.2 Å². The lowest BCUT2D eigenvalue weighted by molar-refractivity contribution is 0.310. The fourth-order valence-corrected chi connectivity index (χ4v) is 5.58. The third-order valence-electron chi connectivity index (χ3n) is 6.04. The van der Waals surface area contributed by atoms with Gasteiger partial charge in [0.05, 0.1) is 24.3 Å². The normalized spacial score (nSPS) is 13.4. The molecule has 1 heterocycles. The first-order chi connectivity index (χ1) is 16.3. The SMILES string of the molecule is CCOc1cc(CNS(=O)(=O)c2cc(-c3n[nH]c(=O)c4c3CCCC4)ccc2C)ccc1OC. The maximum atomic E-state index is 13.2. The summed E-state index contributed by atoms with van der Waals surface area (Å²) in [5.74, 6) is 1.16. The lowest BCUT2D eigenvalue weighted by Crippen LogP contribution is -2.24. The summed E-state index contributed by atoms with van der Waals surface area (Å²) in [7, 11) is -2.25. The van der Waals surface area contributed by atoms with E-state index in [-0.39, 0.29) is 17.0 Å². The van der Waals surface area contributed by atoms with Gasteiger partial charge >= 0.3 is 0 Å². The maximum Gasteiger partial charge on any atom is 0.267 e. The van der Waals surface area contributed by atoms with Crippen LogP contribution in [-0.4, -0.2) is 32.3 Å². The lowest BCUT2D eigenvalue weighted by atomic mass is 9.90. The Labute approximate surface area is 199 Å². The van der Waals surface area contributed by atoms with Gasteiger partial charge in [-0.05, 0) is 74.4 Å². The van der Waals surface area contributed by atoms with Crippen LogP contribution in [0.3, 0.4) is 0 Å². The molecule has 0 saturated heterocycles. The number of sulfonamides is 1. The molecule has 34 heavy (non-hydrogen) atoms. The molecule has 0 atom stereocenters. The van der Waals surface area contributed by atoms with Gasteiger partial charge in [-0.15, -0.1) is 0 Å². The number of hydrogen-bond donors (Lipinski definition) is 2. The number of fused-ring (bicyclic) bond motifs is 1. The smallest absolute Gasteiger partial charge is 0.267 e. The highest BCUT2D eigenvalue weighted by Gasteiger charge is 2.22. The third-order valence-corrected chi connectivity index (χ3v) is 7.59. The molecule has 9 heteroatoms. The van der Waals surface area contributed by atoms with Gasteiger partial charge in [-0.25, -0.2) is 18.2 Å². The molecule has 1 aliphatic carbocycles. The van der Waals surface area contributed by atoms with Crippen LogP contribution in [0.4, 0.5) is 0 Å². The number of rotatable bonds is 8. The van der Waals surface area contributed by atoms with E-state index in [0.29, 0.717) is 41.3 Å². The molecule has 0 aliphatic heterocycles. The first-order valence-electron chi connectivity index (χ1n) is 11.3. The molecule has 2 N–H and O–H groups in total. The molecule has 4 rings (SSSR count). The zero-order valence-corrected chi connectivity index (χ0v) is 20.4. The van der Waals surface area contributed by atoms with Crippen LogP contribution in [0, 0.1) is 6.92 Å². The quantitative estimate of drug-likeness (QED) is 0.507. The Morgan fingerprint density at radius 1 is 1.06 bits per heavy atom. The molecule has 1 aliphatic rings. The number of nitrogens with zero attached hydrogens (tertiary/aromatic N) is 1. The number of ether oxygens (including phenoxy) is 2. The van der Waals surface area contributed by atoms with Crippen LogP contribution in [0.5, 0.6) is 11.5 Å². The summed E-state index contributed by atoms with van der Waals surface area (Å²) in [6.45, 7) is 4.20. The number of H-pyrrole nitrogens is 1. The van der Waals surface area contributed by atoms with E-state index in [1.165, 1.54) is 0 Å². The molecule has 0 amide bonds. The first-order valence-corrected chi connectivity index (χ1v) is 12.8. The number of aromatic nitrogens is 2. The van der Waals surface area contributed by atoms with Crippen molar-refractivity contribution in [2.45, 2.75) is 51.0 Å². The maximum absolute atomic E-state index is 13.2. The largest absolute Gasteiger partial charge is 0.493 e. The van der Waals surface area contributed by atoms with Crippen LogP contribution >= 0.6 is 0 Å². The van der Waals surface area contributed by atoms with Crippen molar-refractivity contribution in [2.75, 3.05) is 13.7 Å². The molecule has 1 aromatic heterocycles. The monoisotopic (exact) mass is 483 g/mol. The lowest BCUT2D eigenvalue weighted by Gasteiger charge is -2.18. The fourth-order valence-electron chi connectivity index (χ4n) is 4.29. The minimum Gasteiger partial charge on any atom is -0.493 e. The zero-order chi connectivity index (χ0) is 24.3. The van der Waals surface area contributed by atoms with Crippen LogP contribution in [0.25, 0.3) is 11.3 Å². The van der Waals surface area contributed by atoms with E-state index in [1.54, 1.807) is 44.4 Å². The molecular formula is C25H29N3O5S. The number of benzene rings is 2. The topological polar surface area (TPSA) is 110 Å². The second kappa shape index (κ2) is 9.99. The van der Waals surface area contributed by atoms with E-state index in [0.717, 1.165) is 36.0 Å². The standard InChI is InChI=1S/C25H29N3O5S/c1-4-33-22-13-17(10-12-21(22)32-3)15-26-34(30,31)23-14-18(11-9-16(23)2)24-19-7-5-6-8-20(19)25(29)28-27-24/h9-14,26H,4-8,15H2,1-3H3,(H,28,29). The van der Waals surface area contributed by atoms with E-state index in [4.69, 9.17) is 9.47 Å². The zero-order valence-electron chi connectivity index (χ0n) is 19.6. The summed E-state index contributed by atoms with van der Waals surface area (Å²) in [5.41, 5.74) is 4.19. The van der Waals surface area contributed by atoms with Crippen molar-refractivity contribution >= 4 is 10.0 Å². The van der Waals surface area contributed by atoms with E-state index < -0.39 is 10.0 Å². The van der Waals surface area contributed by atoms with Crippen LogP contribution in [0.15, 0.2) is 46.1 Å². The van der Waals surface area contributed by atoms with Gasteiger partial charge in [0.15, 0.2) is 11.5 Å². The van der Waals surface area contributed by atoms with Gasteiger partial charge in [-0.2, -0.15) is 5.10 Å². The summed E-state index contributed by atoms with van der Waals surface area (Å²) in [5, 5.41) is 6.85. The number of aromatic amines is 1. The van der Waals surface area contributed by atoms with Gasteiger partial charge in [0.2, 0.25) is 10.0 Å². The van der Waals surface area contributed by atoms with Gasteiger partial charge in [0.25, 0.3) is 5.56 Å². The second-order valence-corrected chi connectivity index (χ2v) is 10.0. The fraction of sp³-hybridized carbons (Fsp3) is 0.360. The van der Waals surface area contributed by atoms with Crippen molar-refractivity contribution in [1.82, 2.24) is 14.9 Å². The Morgan fingerprint density at radius 3 is 2.56 bits per heavy atom. The third kappa shape index (κ3) is 4.85. The summed E-state index contributed by atoms with van der Waals surface area (Å²) >= 11 is 0. The van der Waals surface area contributed by atoms with Crippen LogP contribution < -0.4 is 19.8 Å². The van der Waals surface area contributed by atoms with Gasteiger partial charge < -0.3 is 9.47 Å². The Morgan fingerprint density at radius 2 is 1.82 bits per heavy atom. The van der Waals surface area contributed by atoms with Gasteiger partial charge in [-0.1, -0.05) is 18.2 Å². The Bertz CT molecular complexity index is 1370. The molecule has 0 saturated carbocycles. The number of nitrogens with one attached hydrogen (secondary N) is 2. The molecule has 2 aromatic carbocycles.